The summed E-state index contributed by atoms with van der Waals surface area (Å²) in [6.07, 6.45) is 1.49. The normalized spacial score (nSPS) is 11.3. The molecule has 1 aromatic heterocycles. The van der Waals surface area contributed by atoms with Crippen molar-refractivity contribution in [1.29, 1.82) is 0 Å². The average molecular weight is 441 g/mol. The van der Waals surface area contributed by atoms with E-state index in [0.29, 0.717) is 28.6 Å². The van der Waals surface area contributed by atoms with E-state index in [1.165, 1.54) is 15.9 Å². The number of aromatic nitrogens is 3. The number of nitrogens with one attached hydrogen (secondary N) is 1. The summed E-state index contributed by atoms with van der Waals surface area (Å²) in [5.41, 5.74) is 0.794. The van der Waals surface area contributed by atoms with E-state index in [0.717, 1.165) is 11.3 Å². The number of carbonyl (C=O) groups excluding carboxylic acids is 1. The molecule has 0 aliphatic carbocycles. The van der Waals surface area contributed by atoms with E-state index in [4.69, 9.17) is 9.47 Å². The van der Waals surface area contributed by atoms with Crippen molar-refractivity contribution in [2.24, 2.45) is 7.05 Å². The number of thioether (sulfide) groups is 1. The Morgan fingerprint density at radius 3 is 2.42 bits per heavy atom. The molecule has 0 spiro atoms. The van der Waals surface area contributed by atoms with Gasteiger partial charge in [-0.05, 0) is 69.8 Å². The fourth-order valence-electron chi connectivity index (χ4n) is 2.82. The number of carbonyl (C=O) groups is 1. The second-order valence-corrected chi connectivity index (χ2v) is 9.33. The Morgan fingerprint density at radius 2 is 1.84 bits per heavy atom. The summed E-state index contributed by atoms with van der Waals surface area (Å²) in [4.78, 5) is 15.4. The number of nitrogens with zero attached hydrogens (tertiary/aromatic N) is 3. The molecule has 1 amide bonds. The molecule has 31 heavy (non-hydrogen) atoms. The quantitative estimate of drug-likeness (QED) is 0.492. The summed E-state index contributed by atoms with van der Waals surface area (Å²) in [5.74, 6) is 2.90. The number of ether oxygens (including phenoxy) is 2. The highest BCUT2D eigenvalue weighted by atomic mass is 32.2. The van der Waals surface area contributed by atoms with E-state index >= 15 is 0 Å². The minimum absolute atomic E-state index is 0.321. The molecule has 7 nitrogen and oxygen atoms in total. The molecule has 8 heteroatoms. The third kappa shape index (κ3) is 6.24. The van der Waals surface area contributed by atoms with Gasteiger partial charge in [-0.2, -0.15) is 9.90 Å². The number of aryl methyl sites for hydroxylation is 1. The summed E-state index contributed by atoms with van der Waals surface area (Å²) in [5, 5.41) is 10.8. The lowest BCUT2D eigenvalue weighted by Gasteiger charge is -2.24. The van der Waals surface area contributed by atoms with Crippen LogP contribution in [0.4, 0.5) is 5.82 Å². The Bertz CT molecular complexity index is 1060. The van der Waals surface area contributed by atoms with Gasteiger partial charge in [-0.3, -0.25) is 4.79 Å². The molecule has 1 N–H and O–H groups in total. The molecular weight excluding hydrogens is 412 g/mol. The second kappa shape index (κ2) is 9.43. The smallest absolute Gasteiger partial charge is 0.257 e. The summed E-state index contributed by atoms with van der Waals surface area (Å²) < 4.78 is 12.3. The number of benzene rings is 2. The van der Waals surface area contributed by atoms with Crippen molar-refractivity contribution in [3.8, 4) is 17.2 Å². The number of anilines is 1. The highest BCUT2D eigenvalue weighted by Gasteiger charge is 2.20. The molecule has 0 saturated heterocycles. The van der Waals surface area contributed by atoms with Crippen LogP contribution >= 0.6 is 11.8 Å². The van der Waals surface area contributed by atoms with Crippen LogP contribution in [0.3, 0.4) is 0 Å². The first kappa shape index (κ1) is 22.7. The number of hydrogen-bond donors (Lipinski definition) is 1. The summed E-state index contributed by atoms with van der Waals surface area (Å²) in [7, 11) is 1.69. The molecule has 0 saturated carbocycles. The molecule has 0 atom stereocenters. The van der Waals surface area contributed by atoms with Crippen molar-refractivity contribution in [2.75, 3.05) is 11.1 Å². The number of rotatable bonds is 7. The molecule has 0 aliphatic rings. The first-order valence-corrected chi connectivity index (χ1v) is 11.0. The van der Waals surface area contributed by atoms with Gasteiger partial charge in [0.25, 0.3) is 5.91 Å². The average Bonchev–Trinajstić information content (AvgIpc) is 3.10. The lowest BCUT2D eigenvalue weighted by atomic mass is 10.1. The molecule has 3 aromatic rings. The SMILES string of the molecule is CCSc1ccc(Oc2cc(C(=O)Nc3cnn(C)n3)cc(OC(C)(C)C)c2C)cc1. The van der Waals surface area contributed by atoms with Gasteiger partial charge < -0.3 is 14.8 Å². The Kier molecular flexibility index (Phi) is 6.90. The van der Waals surface area contributed by atoms with Crippen molar-refractivity contribution in [1.82, 2.24) is 15.0 Å². The maximum atomic E-state index is 12.9. The van der Waals surface area contributed by atoms with Crippen LogP contribution in [0.2, 0.25) is 0 Å². The third-order valence-corrected chi connectivity index (χ3v) is 5.09. The summed E-state index contributed by atoms with van der Waals surface area (Å²) in [6, 6.07) is 11.3. The molecule has 0 unspecified atom stereocenters. The van der Waals surface area contributed by atoms with Gasteiger partial charge in [0.2, 0.25) is 0 Å². The highest BCUT2D eigenvalue weighted by molar-refractivity contribution is 7.99. The Labute approximate surface area is 187 Å². The van der Waals surface area contributed by atoms with Gasteiger partial charge in [-0.15, -0.1) is 16.9 Å². The van der Waals surface area contributed by atoms with E-state index in [1.54, 1.807) is 30.9 Å². The van der Waals surface area contributed by atoms with Gasteiger partial charge in [-0.1, -0.05) is 6.92 Å². The topological polar surface area (TPSA) is 78.3 Å². The standard InChI is InChI=1S/C23H28N4O3S/c1-7-31-18-10-8-17(9-11-18)29-19-12-16(13-20(15(19)2)30-23(3,4)5)22(28)25-21-14-24-27(6)26-21/h8-14H,7H2,1-6H3,(H,25,26,28). The first-order valence-electron chi connectivity index (χ1n) is 10.1. The molecular formula is C23H28N4O3S. The fourth-order valence-corrected chi connectivity index (χ4v) is 3.49. The molecule has 3 rings (SSSR count). The highest BCUT2D eigenvalue weighted by Crippen LogP contribution is 2.35. The predicted molar refractivity (Wildman–Crippen MR) is 123 cm³/mol. The monoisotopic (exact) mass is 440 g/mol. The maximum Gasteiger partial charge on any atom is 0.257 e. The zero-order valence-electron chi connectivity index (χ0n) is 18.7. The molecule has 0 bridgehead atoms. The van der Waals surface area contributed by atoms with E-state index in [9.17, 15) is 4.79 Å². The molecule has 2 aromatic carbocycles. The van der Waals surface area contributed by atoms with Gasteiger partial charge in [0, 0.05) is 23.1 Å². The maximum absolute atomic E-state index is 12.9. The van der Waals surface area contributed by atoms with Crippen molar-refractivity contribution in [3.05, 3.63) is 53.7 Å². The van der Waals surface area contributed by atoms with Crippen LogP contribution < -0.4 is 14.8 Å². The Balaban J connectivity index is 1.93. The first-order chi connectivity index (χ1) is 14.6. The van der Waals surface area contributed by atoms with Gasteiger partial charge in [0.15, 0.2) is 5.82 Å². The molecule has 164 valence electrons. The summed E-state index contributed by atoms with van der Waals surface area (Å²) >= 11 is 1.77. The zero-order valence-corrected chi connectivity index (χ0v) is 19.5. The number of hydrogen-bond acceptors (Lipinski definition) is 6. The summed E-state index contributed by atoms with van der Waals surface area (Å²) in [6.45, 7) is 9.92. The largest absolute Gasteiger partial charge is 0.488 e. The minimum Gasteiger partial charge on any atom is -0.488 e. The van der Waals surface area contributed by atoms with Gasteiger partial charge in [0.05, 0.1) is 6.20 Å². The predicted octanol–water partition coefficient (Wildman–Crippen LogP) is 5.46. The molecule has 0 radical (unpaired) electrons. The van der Waals surface area contributed by atoms with Crippen LogP contribution in [0.5, 0.6) is 17.2 Å². The van der Waals surface area contributed by atoms with Crippen LogP contribution in [0.25, 0.3) is 0 Å². The molecule has 0 fully saturated rings. The molecule has 0 aliphatic heterocycles. The fraction of sp³-hybridized carbons (Fsp3) is 0.348. The molecule has 1 heterocycles. The lowest BCUT2D eigenvalue weighted by molar-refractivity contribution is 0.102. The van der Waals surface area contributed by atoms with Gasteiger partial charge in [0.1, 0.15) is 22.8 Å². The van der Waals surface area contributed by atoms with E-state index in [1.807, 2.05) is 52.0 Å². The van der Waals surface area contributed by atoms with Crippen LogP contribution in [0.15, 0.2) is 47.5 Å². The van der Waals surface area contributed by atoms with E-state index < -0.39 is 5.60 Å². The van der Waals surface area contributed by atoms with E-state index in [2.05, 4.69) is 22.4 Å². The van der Waals surface area contributed by atoms with Crippen LogP contribution in [0, 0.1) is 6.92 Å². The number of amides is 1. The zero-order chi connectivity index (χ0) is 22.6. The van der Waals surface area contributed by atoms with Gasteiger partial charge >= 0.3 is 0 Å². The van der Waals surface area contributed by atoms with Gasteiger partial charge in [-0.25, -0.2) is 0 Å². The lowest BCUT2D eigenvalue weighted by Crippen LogP contribution is -2.24. The van der Waals surface area contributed by atoms with E-state index in [-0.39, 0.29) is 5.91 Å². The Hall–Kier alpha value is -3.00. The van der Waals surface area contributed by atoms with Crippen molar-refractivity contribution in [2.45, 2.75) is 45.1 Å². The second-order valence-electron chi connectivity index (χ2n) is 7.99. The Morgan fingerprint density at radius 1 is 1.16 bits per heavy atom. The minimum atomic E-state index is -0.430. The third-order valence-electron chi connectivity index (χ3n) is 4.19. The van der Waals surface area contributed by atoms with Crippen LogP contribution in [-0.2, 0) is 7.05 Å². The van der Waals surface area contributed by atoms with Crippen molar-refractivity contribution in [3.63, 3.8) is 0 Å². The van der Waals surface area contributed by atoms with Crippen molar-refractivity contribution < 1.29 is 14.3 Å². The van der Waals surface area contributed by atoms with Crippen molar-refractivity contribution >= 4 is 23.5 Å². The van der Waals surface area contributed by atoms with Crippen LogP contribution in [-0.4, -0.2) is 32.3 Å². The van der Waals surface area contributed by atoms with Crippen LogP contribution in [0.1, 0.15) is 43.6 Å².